The molecule has 0 fully saturated rings. The van der Waals surface area contributed by atoms with Crippen molar-refractivity contribution in [1.82, 2.24) is 0 Å². The predicted molar refractivity (Wildman–Crippen MR) is 104 cm³/mol. The van der Waals surface area contributed by atoms with Crippen molar-refractivity contribution in [2.45, 2.75) is 32.5 Å². The number of Topliss-reactive ketones (excluding diaryl/α,β-unsaturated/α-hetero) is 1. The lowest BCUT2D eigenvalue weighted by Gasteiger charge is -2.27. The van der Waals surface area contributed by atoms with Gasteiger partial charge >= 0.3 is 6.09 Å². The molecule has 0 aliphatic heterocycles. The summed E-state index contributed by atoms with van der Waals surface area (Å²) in [6.45, 7) is 3.25. The van der Waals surface area contributed by atoms with Crippen LogP contribution in [0.25, 0.3) is 0 Å². The van der Waals surface area contributed by atoms with E-state index in [4.69, 9.17) is 9.47 Å². The van der Waals surface area contributed by atoms with Gasteiger partial charge in [-0.1, -0.05) is 6.07 Å². The van der Waals surface area contributed by atoms with Crippen LogP contribution in [0, 0.1) is 5.82 Å². The van der Waals surface area contributed by atoms with Crippen molar-refractivity contribution in [3.8, 4) is 5.75 Å². The van der Waals surface area contributed by atoms with Crippen LogP contribution >= 0.6 is 0 Å². The molecule has 2 aromatic rings. The molecule has 3 N–H and O–H groups in total. The van der Waals surface area contributed by atoms with Crippen molar-refractivity contribution in [2.24, 2.45) is 0 Å². The maximum absolute atomic E-state index is 13.8. The minimum atomic E-state index is -1.02. The second-order valence-electron chi connectivity index (χ2n) is 6.30. The third kappa shape index (κ3) is 6.27. The molecule has 7 nitrogen and oxygen atoms in total. The maximum Gasteiger partial charge on any atom is 0.412 e. The van der Waals surface area contributed by atoms with Crippen molar-refractivity contribution in [1.29, 1.82) is 0 Å². The molecule has 1 amide bonds. The van der Waals surface area contributed by atoms with Gasteiger partial charge in [-0.3, -0.25) is 10.1 Å². The molecule has 0 unspecified atom stereocenters. The van der Waals surface area contributed by atoms with Gasteiger partial charge in [0.1, 0.15) is 6.10 Å². The zero-order valence-electron chi connectivity index (χ0n) is 16.2. The Morgan fingerprint density at radius 1 is 1.17 bits per heavy atom. The lowest BCUT2D eigenvalue weighted by Crippen LogP contribution is -2.29. The molecule has 2 aromatic carbocycles. The number of aromatic hydroxyl groups is 1. The summed E-state index contributed by atoms with van der Waals surface area (Å²) in [6, 6.07) is 9.88. The highest BCUT2D eigenvalue weighted by molar-refractivity contribution is 5.95. The molecule has 0 bridgehead atoms. The molecule has 156 valence electrons. The molecule has 0 radical (unpaired) electrons. The monoisotopic (exact) mass is 405 g/mol. The molecule has 0 aromatic heterocycles. The summed E-state index contributed by atoms with van der Waals surface area (Å²) in [5, 5.41) is 21.3. The highest BCUT2D eigenvalue weighted by Crippen LogP contribution is 2.29. The fourth-order valence-electron chi connectivity index (χ4n) is 2.77. The van der Waals surface area contributed by atoms with E-state index in [0.717, 1.165) is 12.1 Å². The van der Waals surface area contributed by atoms with Crippen LogP contribution in [0.1, 0.15) is 42.3 Å². The predicted octanol–water partition coefficient (Wildman–Crippen LogP) is 3.81. The Kier molecular flexibility index (Phi) is 8.11. The number of hydrogen-bond donors (Lipinski definition) is 3. The van der Waals surface area contributed by atoms with Crippen LogP contribution in [-0.2, 0) is 9.47 Å². The fourth-order valence-corrected chi connectivity index (χ4v) is 2.77. The van der Waals surface area contributed by atoms with Crippen LogP contribution in [-0.4, -0.2) is 41.4 Å². The summed E-state index contributed by atoms with van der Waals surface area (Å²) in [6.07, 6.45) is -2.41. The van der Waals surface area contributed by atoms with Crippen LogP contribution in [0.15, 0.2) is 42.5 Å². The Bertz CT molecular complexity index is 834. The molecule has 0 saturated heterocycles. The molecule has 0 aliphatic rings. The first kappa shape index (κ1) is 22.3. The first-order chi connectivity index (χ1) is 13.8. The number of nitrogens with one attached hydrogen (secondary N) is 1. The Labute approximate surface area is 168 Å². The summed E-state index contributed by atoms with van der Waals surface area (Å²) in [5.74, 6) is -1.50. The number of amides is 1. The van der Waals surface area contributed by atoms with Crippen molar-refractivity contribution in [2.75, 3.05) is 18.5 Å². The molecule has 0 saturated carbocycles. The van der Waals surface area contributed by atoms with E-state index in [1.54, 1.807) is 31.2 Å². The number of phenols is 1. The SMILES string of the molecule is CCO[C@@H](CCO)[C@@H](OC(=O)Nc1ccc(C(C)=O)cc1)c1ccc(O)c(F)c1. The number of anilines is 1. The van der Waals surface area contributed by atoms with E-state index < -0.39 is 29.9 Å². The summed E-state index contributed by atoms with van der Waals surface area (Å²) < 4.78 is 24.9. The average Bonchev–Trinajstić information content (AvgIpc) is 2.68. The summed E-state index contributed by atoms with van der Waals surface area (Å²) in [7, 11) is 0. The number of carbonyl (C=O) groups excluding carboxylic acids is 2. The number of aliphatic hydroxyl groups is 1. The number of ketones is 1. The largest absolute Gasteiger partial charge is 0.505 e. The van der Waals surface area contributed by atoms with E-state index in [0.29, 0.717) is 17.9 Å². The van der Waals surface area contributed by atoms with Gasteiger partial charge in [0.2, 0.25) is 0 Å². The van der Waals surface area contributed by atoms with Crippen LogP contribution in [0.2, 0.25) is 0 Å². The molecule has 0 aliphatic carbocycles. The molecular formula is C21H24FNO6. The highest BCUT2D eigenvalue weighted by Gasteiger charge is 2.28. The fraction of sp³-hybridized carbons (Fsp3) is 0.333. The Balaban J connectivity index is 2.21. The van der Waals surface area contributed by atoms with Crippen molar-refractivity contribution in [3.63, 3.8) is 0 Å². The van der Waals surface area contributed by atoms with E-state index in [1.807, 2.05) is 0 Å². The van der Waals surface area contributed by atoms with Crippen LogP contribution < -0.4 is 5.32 Å². The second kappa shape index (κ2) is 10.5. The second-order valence-corrected chi connectivity index (χ2v) is 6.30. The first-order valence-corrected chi connectivity index (χ1v) is 9.15. The van der Waals surface area contributed by atoms with Crippen molar-refractivity contribution >= 4 is 17.6 Å². The maximum atomic E-state index is 13.8. The van der Waals surface area contributed by atoms with Gasteiger partial charge in [-0.25, -0.2) is 9.18 Å². The average molecular weight is 405 g/mol. The summed E-state index contributed by atoms with van der Waals surface area (Å²) >= 11 is 0. The zero-order valence-corrected chi connectivity index (χ0v) is 16.2. The number of carbonyl (C=O) groups is 2. The van der Waals surface area contributed by atoms with Crippen molar-refractivity contribution < 1.29 is 33.7 Å². The molecule has 2 atom stereocenters. The number of phenolic OH excluding ortho intramolecular Hbond substituents is 1. The minimum Gasteiger partial charge on any atom is -0.505 e. The molecular weight excluding hydrogens is 381 g/mol. The molecule has 29 heavy (non-hydrogen) atoms. The van der Waals surface area contributed by atoms with Gasteiger partial charge in [0.15, 0.2) is 23.5 Å². The van der Waals surface area contributed by atoms with Gasteiger partial charge in [-0.2, -0.15) is 0 Å². The standard InChI is InChI=1S/C21H24FNO6/c1-3-28-19(10-11-24)20(15-6-9-18(26)17(22)12-15)29-21(27)23-16-7-4-14(5-8-16)13(2)25/h4-9,12,19-20,24,26H,3,10-11H2,1-2H3,(H,23,27)/t19-,20-/m0/s1. The quantitative estimate of drug-likeness (QED) is 0.548. The van der Waals surface area contributed by atoms with E-state index in [9.17, 15) is 24.2 Å². The number of halogens is 1. The third-order valence-corrected chi connectivity index (χ3v) is 4.20. The van der Waals surface area contributed by atoms with Gasteiger partial charge in [0.25, 0.3) is 0 Å². The Morgan fingerprint density at radius 3 is 2.41 bits per heavy atom. The molecule has 0 heterocycles. The Hall–Kier alpha value is -2.97. The molecule has 0 spiro atoms. The topological polar surface area (TPSA) is 105 Å². The number of aliphatic hydroxyl groups excluding tert-OH is 1. The lowest BCUT2D eigenvalue weighted by molar-refractivity contribution is -0.0485. The summed E-state index contributed by atoms with van der Waals surface area (Å²) in [4.78, 5) is 23.8. The third-order valence-electron chi connectivity index (χ3n) is 4.20. The van der Waals surface area contributed by atoms with Gasteiger partial charge in [0, 0.05) is 30.9 Å². The number of rotatable bonds is 9. The van der Waals surface area contributed by atoms with Crippen LogP contribution in [0.3, 0.4) is 0 Å². The first-order valence-electron chi connectivity index (χ1n) is 9.15. The zero-order chi connectivity index (χ0) is 21.4. The number of ether oxygens (including phenoxy) is 2. The van der Waals surface area contributed by atoms with Gasteiger partial charge < -0.3 is 19.7 Å². The van der Waals surface area contributed by atoms with E-state index >= 15 is 0 Å². The van der Waals surface area contributed by atoms with Crippen LogP contribution in [0.5, 0.6) is 5.75 Å². The van der Waals surface area contributed by atoms with Crippen molar-refractivity contribution in [3.05, 3.63) is 59.4 Å². The highest BCUT2D eigenvalue weighted by atomic mass is 19.1. The number of hydrogen-bond acceptors (Lipinski definition) is 6. The Morgan fingerprint density at radius 2 is 1.86 bits per heavy atom. The van der Waals surface area contributed by atoms with Gasteiger partial charge in [0.05, 0.1) is 0 Å². The molecule has 8 heteroatoms. The van der Waals surface area contributed by atoms with Crippen LogP contribution in [0.4, 0.5) is 14.9 Å². The number of benzene rings is 2. The lowest BCUT2D eigenvalue weighted by atomic mass is 10.0. The van der Waals surface area contributed by atoms with Gasteiger partial charge in [-0.05, 0) is 55.8 Å². The minimum absolute atomic E-state index is 0.0999. The van der Waals surface area contributed by atoms with Gasteiger partial charge in [-0.15, -0.1) is 0 Å². The van der Waals surface area contributed by atoms with E-state index in [-0.39, 0.29) is 24.4 Å². The normalized spacial score (nSPS) is 12.8. The van der Waals surface area contributed by atoms with E-state index in [2.05, 4.69) is 5.32 Å². The smallest absolute Gasteiger partial charge is 0.412 e. The summed E-state index contributed by atoms with van der Waals surface area (Å²) in [5.41, 5.74) is 1.18. The van der Waals surface area contributed by atoms with E-state index in [1.165, 1.54) is 13.0 Å². The molecule has 2 rings (SSSR count).